The number of carbonyl (C=O) groups excluding carboxylic acids is 2. The monoisotopic (exact) mass is 340 g/mol. The summed E-state index contributed by atoms with van der Waals surface area (Å²) in [6.07, 6.45) is 0.867. The number of sulfone groups is 1. The SMILES string of the molecule is O=C(Nc1ccc(F)cc1)C1CC1C(=O)NC1CCS(=O)(=O)C1. The third-order valence-electron chi connectivity index (χ3n) is 4.15. The number of carbonyl (C=O) groups is 2. The van der Waals surface area contributed by atoms with Gasteiger partial charge in [0, 0.05) is 11.7 Å². The normalized spacial score (nSPS) is 28.1. The van der Waals surface area contributed by atoms with Gasteiger partial charge < -0.3 is 10.6 Å². The van der Waals surface area contributed by atoms with Crippen molar-refractivity contribution in [2.75, 3.05) is 16.8 Å². The van der Waals surface area contributed by atoms with Gasteiger partial charge in [-0.2, -0.15) is 0 Å². The van der Waals surface area contributed by atoms with E-state index in [4.69, 9.17) is 0 Å². The molecule has 1 saturated heterocycles. The molecule has 2 aliphatic rings. The van der Waals surface area contributed by atoms with Crippen molar-refractivity contribution in [2.24, 2.45) is 11.8 Å². The van der Waals surface area contributed by atoms with E-state index < -0.39 is 27.5 Å². The average Bonchev–Trinajstić information content (AvgIpc) is 3.21. The molecule has 1 aromatic rings. The molecule has 3 rings (SSSR count). The lowest BCUT2D eigenvalue weighted by Crippen LogP contribution is -2.37. The molecule has 8 heteroatoms. The lowest BCUT2D eigenvalue weighted by Gasteiger charge is -2.10. The highest BCUT2D eigenvalue weighted by Crippen LogP contribution is 2.39. The van der Waals surface area contributed by atoms with E-state index >= 15 is 0 Å². The number of anilines is 1. The first-order valence-electron chi connectivity index (χ1n) is 7.41. The molecule has 0 radical (unpaired) electrons. The van der Waals surface area contributed by atoms with Crippen LogP contribution < -0.4 is 10.6 Å². The van der Waals surface area contributed by atoms with Gasteiger partial charge in [0.1, 0.15) is 5.82 Å². The van der Waals surface area contributed by atoms with E-state index in [1.54, 1.807) is 0 Å². The topological polar surface area (TPSA) is 92.3 Å². The molecule has 1 heterocycles. The summed E-state index contributed by atoms with van der Waals surface area (Å²) < 4.78 is 35.5. The predicted octanol–water partition coefficient (Wildman–Crippen LogP) is 0.704. The van der Waals surface area contributed by atoms with E-state index in [1.165, 1.54) is 24.3 Å². The molecule has 1 aromatic carbocycles. The van der Waals surface area contributed by atoms with Crippen molar-refractivity contribution >= 4 is 27.3 Å². The van der Waals surface area contributed by atoms with E-state index in [2.05, 4.69) is 10.6 Å². The third-order valence-corrected chi connectivity index (χ3v) is 5.92. The fraction of sp³-hybridized carbons (Fsp3) is 0.467. The molecule has 0 bridgehead atoms. The van der Waals surface area contributed by atoms with E-state index in [1.807, 2.05) is 0 Å². The van der Waals surface area contributed by atoms with Gasteiger partial charge in [-0.05, 0) is 37.1 Å². The van der Waals surface area contributed by atoms with E-state index in [0.717, 1.165) is 0 Å². The van der Waals surface area contributed by atoms with Gasteiger partial charge in [0.25, 0.3) is 0 Å². The van der Waals surface area contributed by atoms with Crippen molar-refractivity contribution < 1.29 is 22.4 Å². The zero-order valence-corrected chi connectivity index (χ0v) is 13.1. The molecule has 1 aliphatic carbocycles. The van der Waals surface area contributed by atoms with Crippen LogP contribution in [0.15, 0.2) is 24.3 Å². The van der Waals surface area contributed by atoms with Gasteiger partial charge in [-0.15, -0.1) is 0 Å². The Bertz CT molecular complexity index is 732. The third kappa shape index (κ3) is 3.87. The maximum Gasteiger partial charge on any atom is 0.228 e. The zero-order valence-electron chi connectivity index (χ0n) is 12.3. The Morgan fingerprint density at radius 1 is 1.09 bits per heavy atom. The summed E-state index contributed by atoms with van der Waals surface area (Å²) in [6.45, 7) is 0. The van der Waals surface area contributed by atoms with Crippen LogP contribution in [0.3, 0.4) is 0 Å². The first kappa shape index (κ1) is 15.9. The summed E-state index contributed by atoms with van der Waals surface area (Å²) in [4.78, 5) is 24.1. The second-order valence-electron chi connectivity index (χ2n) is 6.05. The Hall–Kier alpha value is -1.96. The van der Waals surface area contributed by atoms with Crippen LogP contribution in [0, 0.1) is 17.7 Å². The molecule has 2 N–H and O–H groups in total. The highest BCUT2D eigenvalue weighted by molar-refractivity contribution is 7.91. The molecule has 2 amide bonds. The van der Waals surface area contributed by atoms with Gasteiger partial charge in [-0.3, -0.25) is 9.59 Å². The van der Waals surface area contributed by atoms with Crippen LogP contribution >= 0.6 is 0 Å². The summed E-state index contributed by atoms with van der Waals surface area (Å²) in [7, 11) is -3.05. The molecule has 124 valence electrons. The molecule has 2 fully saturated rings. The van der Waals surface area contributed by atoms with Crippen molar-refractivity contribution in [3.05, 3.63) is 30.1 Å². The minimum atomic E-state index is -3.05. The standard InChI is InChI=1S/C15H17FN2O4S/c16-9-1-3-10(4-2-9)17-14(19)12-7-13(12)15(20)18-11-5-6-23(21,22)8-11/h1-4,11-13H,5-8H2,(H,17,19)(H,18,20). The predicted molar refractivity (Wildman–Crippen MR) is 81.8 cm³/mol. The molecule has 1 aliphatic heterocycles. The summed E-state index contributed by atoms with van der Waals surface area (Å²) in [5.41, 5.74) is 0.476. The maximum atomic E-state index is 12.8. The number of halogens is 1. The van der Waals surface area contributed by atoms with Crippen LogP contribution in [0.2, 0.25) is 0 Å². The quantitative estimate of drug-likeness (QED) is 0.844. The second kappa shape index (κ2) is 5.92. The molecule has 3 atom stereocenters. The molecule has 3 unspecified atom stereocenters. The average molecular weight is 340 g/mol. The number of benzene rings is 1. The maximum absolute atomic E-state index is 12.8. The van der Waals surface area contributed by atoms with Gasteiger partial charge in [-0.25, -0.2) is 12.8 Å². The van der Waals surface area contributed by atoms with Crippen molar-refractivity contribution in [1.29, 1.82) is 0 Å². The van der Waals surface area contributed by atoms with Gasteiger partial charge in [-0.1, -0.05) is 0 Å². The highest BCUT2D eigenvalue weighted by Gasteiger charge is 2.48. The minimum absolute atomic E-state index is 0.0299. The Morgan fingerprint density at radius 3 is 2.35 bits per heavy atom. The molecule has 0 aromatic heterocycles. The number of amides is 2. The van der Waals surface area contributed by atoms with Crippen LogP contribution in [0.4, 0.5) is 10.1 Å². The van der Waals surface area contributed by atoms with Gasteiger partial charge in [0.15, 0.2) is 9.84 Å². The van der Waals surface area contributed by atoms with E-state index in [9.17, 15) is 22.4 Å². The number of nitrogens with one attached hydrogen (secondary N) is 2. The van der Waals surface area contributed by atoms with Gasteiger partial charge in [0.2, 0.25) is 11.8 Å². The van der Waals surface area contributed by atoms with Gasteiger partial charge in [0.05, 0.1) is 23.3 Å². The molecule has 0 spiro atoms. The van der Waals surface area contributed by atoms with Crippen LogP contribution in [0.25, 0.3) is 0 Å². The Balaban J connectivity index is 1.49. The summed E-state index contributed by atoms with van der Waals surface area (Å²) in [5.74, 6) is -1.72. The first-order chi connectivity index (χ1) is 10.8. The Morgan fingerprint density at radius 2 is 1.74 bits per heavy atom. The Labute approximate surface area is 133 Å². The zero-order chi connectivity index (χ0) is 16.6. The van der Waals surface area contributed by atoms with E-state index in [-0.39, 0.29) is 29.4 Å². The number of hydrogen-bond acceptors (Lipinski definition) is 4. The minimum Gasteiger partial charge on any atom is -0.352 e. The highest BCUT2D eigenvalue weighted by atomic mass is 32.2. The molecular formula is C15H17FN2O4S. The van der Waals surface area contributed by atoms with Crippen LogP contribution in [0.1, 0.15) is 12.8 Å². The lowest BCUT2D eigenvalue weighted by molar-refractivity contribution is -0.125. The largest absolute Gasteiger partial charge is 0.352 e. The van der Waals surface area contributed by atoms with E-state index in [0.29, 0.717) is 18.5 Å². The molecule has 6 nitrogen and oxygen atoms in total. The van der Waals surface area contributed by atoms with Crippen molar-refractivity contribution in [2.45, 2.75) is 18.9 Å². The summed E-state index contributed by atoms with van der Waals surface area (Å²) >= 11 is 0. The van der Waals surface area contributed by atoms with Crippen LogP contribution in [-0.2, 0) is 19.4 Å². The molecule has 23 heavy (non-hydrogen) atoms. The summed E-state index contributed by atoms with van der Waals surface area (Å²) in [5, 5.41) is 5.35. The molecular weight excluding hydrogens is 323 g/mol. The van der Waals surface area contributed by atoms with Gasteiger partial charge >= 0.3 is 0 Å². The molecule has 1 saturated carbocycles. The summed E-state index contributed by atoms with van der Waals surface area (Å²) in [6, 6.07) is 5.04. The fourth-order valence-corrected chi connectivity index (χ4v) is 4.43. The lowest BCUT2D eigenvalue weighted by atomic mass is 10.2. The second-order valence-corrected chi connectivity index (χ2v) is 8.28. The van der Waals surface area contributed by atoms with Crippen LogP contribution in [-0.4, -0.2) is 37.8 Å². The van der Waals surface area contributed by atoms with Crippen molar-refractivity contribution in [3.8, 4) is 0 Å². The van der Waals surface area contributed by atoms with Crippen molar-refractivity contribution in [3.63, 3.8) is 0 Å². The number of hydrogen-bond donors (Lipinski definition) is 2. The Kier molecular flexibility index (Phi) is 4.09. The smallest absolute Gasteiger partial charge is 0.228 e. The van der Waals surface area contributed by atoms with Crippen LogP contribution in [0.5, 0.6) is 0 Å². The number of rotatable bonds is 4. The fourth-order valence-electron chi connectivity index (χ4n) is 2.76. The first-order valence-corrected chi connectivity index (χ1v) is 9.23. The van der Waals surface area contributed by atoms with Crippen molar-refractivity contribution in [1.82, 2.24) is 5.32 Å².